The van der Waals surface area contributed by atoms with Crippen LogP contribution < -0.4 is 23.0 Å². The number of carbonyl (C=O) groups is 3. The number of halogens is 16. The van der Waals surface area contributed by atoms with Gasteiger partial charge in [-0.25, -0.2) is 31.9 Å². The smallest absolute Gasteiger partial charge is 0.507 e. The van der Waals surface area contributed by atoms with Gasteiger partial charge < -0.3 is 45.0 Å². The van der Waals surface area contributed by atoms with Gasteiger partial charge in [-0.1, -0.05) is 187 Å². The summed E-state index contributed by atoms with van der Waals surface area (Å²) in [7, 11) is -21.7. The zero-order valence-corrected chi connectivity index (χ0v) is 79.2. The number of aromatic hydroxyl groups is 1. The standard InChI is InChI=1S/C21H27FN2O2Si.C16H14FNO.C12H6F4O4S.C12H9FO.C11H7FO2.C9H18N2OSi.C4H9.C2F6O5S2.5CH4.ClH.HI.Li.H2/c1-15-6-5-7-16-18(22)9-8-17(19(15)16)20(25)21-23-10-11-24(21)14-26-12-13-27(2,3)4;1-10-4-2-5-11-13(17)8-7-12(15(10)11)16(19)14-6-3-9-18-14;13-9-5-4-7(6-17)11-8(9)2-1-3-10(11)20-21(18,19)12(14,15)16;1-8-3-2-4-10-11(13)6-5-9(7-14)12(8)10;12-9-5-4-7(6-13)11-8(9)2-1-3-10(11)14;1-13(2,3)7-6-12-9-11-5-4-10-8-11;1-3-4-2;3-1(4,5)14(9,10)13-15(11,12)2(6,7)8;;;;;;;;;/h5-11,20,25H,12-14H2,1-4H3;2-5,7-9,16,19H,6H2,1H3;1-6H;2-7H,1H3;1-6,14H;4-5,8H,6-7,9H2,1-3H3;1,3-4H2,2H3;;5*1H4;2*1H;;1H/q;;;;;;-1;;;;;;;;;+1;. The molecule has 21 nitrogen and oxygen atoms in total. The number of nitrogens with zero attached hydrogens (tertiary/aromatic N) is 5. The van der Waals surface area contributed by atoms with Crippen molar-refractivity contribution in [2.45, 2.75) is 178 Å². The minimum Gasteiger partial charge on any atom is -0.507 e. The van der Waals surface area contributed by atoms with Gasteiger partial charge in [0.2, 0.25) is 0 Å². The zero-order valence-electron chi connectivity index (χ0n) is 71.7. The summed E-state index contributed by atoms with van der Waals surface area (Å²) in [5, 5.41) is 34.7. The minimum absolute atomic E-state index is 0. The first kappa shape index (κ1) is 130. The molecule has 3 N–H and O–H groups in total. The van der Waals surface area contributed by atoms with Crippen LogP contribution >= 0.6 is 36.4 Å². The molecule has 3 heterocycles. The Bertz CT molecular complexity index is 6130. The summed E-state index contributed by atoms with van der Waals surface area (Å²) >= 11 is 0. The maximum atomic E-state index is 14.2. The van der Waals surface area contributed by atoms with Gasteiger partial charge in [-0.3, -0.25) is 19.4 Å². The molecule has 2 aromatic heterocycles. The van der Waals surface area contributed by atoms with E-state index < -0.39 is 92.6 Å². The third-order valence-corrected chi connectivity index (χ3v) is 25.2. The molecule has 12 aromatic rings. The maximum Gasteiger partial charge on any atom is 1.00 e. The number of aliphatic hydroxyl groups excluding tert-OH is 2. The van der Waals surface area contributed by atoms with Gasteiger partial charge in [0, 0.05) is 123 Å². The number of hydrogen-bond acceptors (Lipinski definition) is 19. The topological polar surface area (TPSA) is 299 Å². The number of benzene rings is 10. The number of aryl methyl sites for hydroxylation is 3. The number of rotatable bonds is 22. The van der Waals surface area contributed by atoms with E-state index in [0.29, 0.717) is 82.5 Å². The molecule has 0 spiro atoms. The number of phenolic OH excluding ortho intramolecular Hbond substituents is 1. The van der Waals surface area contributed by atoms with Crippen LogP contribution in [0.15, 0.2) is 200 Å². The summed E-state index contributed by atoms with van der Waals surface area (Å²) in [4.78, 5) is 44.7. The Morgan fingerprint density at radius 3 is 1.25 bits per heavy atom. The molecule has 13 rings (SSSR count). The molecule has 2 unspecified atom stereocenters. The number of alkyl halides is 9. The van der Waals surface area contributed by atoms with Crippen LogP contribution in [0.25, 0.3) is 53.9 Å². The van der Waals surface area contributed by atoms with Crippen LogP contribution in [0.1, 0.15) is 142 Å². The number of aliphatic imine (C=N–C) groups is 1. The summed E-state index contributed by atoms with van der Waals surface area (Å²) in [6.07, 6.45) is 15.3. The largest absolute Gasteiger partial charge is 1.00 e. The molecule has 1 aliphatic rings. The first-order valence-electron chi connectivity index (χ1n) is 38.1. The van der Waals surface area contributed by atoms with Gasteiger partial charge in [0.1, 0.15) is 66.3 Å². The molecule has 10 aromatic carbocycles. The van der Waals surface area contributed by atoms with Gasteiger partial charge >= 0.3 is 65.7 Å². The number of aliphatic hydroxyl groups is 2. The molecule has 2 atom stereocenters. The van der Waals surface area contributed by atoms with Crippen molar-refractivity contribution >= 4 is 161 Å². The molecule has 135 heavy (non-hydrogen) atoms. The predicted octanol–water partition coefficient (Wildman–Crippen LogP) is 23.2. The molecule has 0 fully saturated rings. The summed E-state index contributed by atoms with van der Waals surface area (Å²) in [6.45, 7) is 28.0. The number of hydrogen-bond donors (Lipinski definition) is 3. The van der Waals surface area contributed by atoms with Crippen LogP contribution in [0.5, 0.6) is 11.5 Å². The zero-order chi connectivity index (χ0) is 95.0. The Labute approximate surface area is 817 Å². The van der Waals surface area contributed by atoms with Crippen molar-refractivity contribution in [3.8, 4) is 11.5 Å². The first-order valence-corrected chi connectivity index (χ1v) is 49.8. The summed E-state index contributed by atoms with van der Waals surface area (Å²) in [5.41, 5.74) is -12.6. The van der Waals surface area contributed by atoms with E-state index in [1.54, 1.807) is 67.5 Å². The summed E-state index contributed by atoms with van der Waals surface area (Å²) in [5.74, 6) is -2.46. The number of aromatic nitrogens is 4. The van der Waals surface area contributed by atoms with Gasteiger partial charge in [0.15, 0.2) is 24.6 Å². The van der Waals surface area contributed by atoms with E-state index in [4.69, 9.17) is 9.47 Å². The van der Waals surface area contributed by atoms with Crippen molar-refractivity contribution in [1.82, 2.24) is 19.1 Å². The Kier molecular flexibility index (Phi) is 54.9. The molecule has 742 valence electrons. The monoisotopic (exact) mass is 2130 g/mol. The number of unbranched alkanes of at least 4 members (excludes halogenated alkanes) is 1. The van der Waals surface area contributed by atoms with E-state index in [0.717, 1.165) is 82.6 Å². The number of imidazole rings is 2. The molecule has 0 radical (unpaired) electrons. The number of allylic oxidation sites excluding steroid dienone is 1. The van der Waals surface area contributed by atoms with Gasteiger partial charge in [-0.05, 0) is 137 Å². The second kappa shape index (κ2) is 57.1. The Balaban J connectivity index is -0.000000744. The van der Waals surface area contributed by atoms with Gasteiger partial charge in [-0.2, -0.15) is 71.2 Å². The predicted molar refractivity (Wildman–Crippen MR) is 520 cm³/mol. The Hall–Kier alpha value is -9.34. The fourth-order valence-corrected chi connectivity index (χ4v) is 15.2. The molecule has 0 amide bonds. The fourth-order valence-electron chi connectivity index (χ4n) is 11.7. The van der Waals surface area contributed by atoms with Crippen molar-refractivity contribution in [2.24, 2.45) is 4.99 Å². The second-order valence-corrected chi connectivity index (χ2v) is 46.2. The molecule has 0 saturated heterocycles. The Morgan fingerprint density at radius 1 is 0.504 bits per heavy atom. The van der Waals surface area contributed by atoms with Crippen LogP contribution in [0.4, 0.5) is 61.5 Å². The first-order chi connectivity index (χ1) is 59.3. The van der Waals surface area contributed by atoms with Crippen molar-refractivity contribution < 1.29 is 154 Å². The normalized spacial score (nSPS) is 12.0. The number of carbonyl (C=O) groups excluding carboxylic acids is 3. The van der Waals surface area contributed by atoms with E-state index in [9.17, 15) is 116 Å². The average molecular weight is 2130 g/mol. The van der Waals surface area contributed by atoms with Gasteiger partial charge in [0.05, 0.1) is 12.0 Å². The molecule has 43 heteroatoms. The molecule has 1 aliphatic heterocycles. The average Bonchev–Trinajstić information content (AvgIpc) is 1.17. The van der Waals surface area contributed by atoms with Gasteiger partial charge in [0.25, 0.3) is 0 Å². The van der Waals surface area contributed by atoms with Crippen molar-refractivity contribution in [3.05, 3.63) is 281 Å². The van der Waals surface area contributed by atoms with Crippen molar-refractivity contribution in [1.29, 1.82) is 0 Å². The fraction of sp³-hybridized carbons (Fsp3) is 0.315. The molecule has 0 bridgehead atoms. The molecule has 0 aliphatic carbocycles. The summed E-state index contributed by atoms with van der Waals surface area (Å²) < 4.78 is 256. The van der Waals surface area contributed by atoms with Crippen molar-refractivity contribution in [2.75, 3.05) is 13.2 Å². The van der Waals surface area contributed by atoms with E-state index >= 15 is 0 Å². The van der Waals surface area contributed by atoms with Crippen LogP contribution in [-0.4, -0.2) is 130 Å². The van der Waals surface area contributed by atoms with E-state index in [1.807, 2.05) is 76.1 Å². The SMILES string of the molecule is C.C.C.C.C.C[Si](C)(C)CCOCn1ccnc1.Cc1cccc2c(F)ccc(C(O)C3=NC=CC3)c12.Cc1cccc2c(F)ccc(C(O)c3nccn3COCC[Si](C)(C)C)c12.Cc1cccc2c(F)ccc(C=O)c12.Cl.I.O=Cc1ccc(F)c2cccc(O)c12.O=Cc1ccc(F)c2cccc(OS(=O)(=O)C(F)(F)F)c12.O=S(=O)(OS(=O)(=O)C(F)(F)F)C(F)(F)F.[CH2-]CCC.[HH].[Li+]. The minimum atomic E-state index is -6.85. The number of phenols is 1. The molecular formula is C92H114ClF14ILiN5O16S3Si2. The Morgan fingerprint density at radius 2 is 0.867 bits per heavy atom. The quantitative estimate of drug-likeness (QED) is 0.00830. The van der Waals surface area contributed by atoms with Gasteiger partial charge in [-0.15, -0.1) is 40.0 Å². The van der Waals surface area contributed by atoms with E-state index in [1.165, 1.54) is 73.1 Å². The van der Waals surface area contributed by atoms with E-state index in [-0.39, 0.29) is 150 Å². The third kappa shape index (κ3) is 36.5. The third-order valence-electron chi connectivity index (χ3n) is 18.2. The van der Waals surface area contributed by atoms with Crippen LogP contribution in [0.2, 0.25) is 51.4 Å². The number of aldehydes is 3. The van der Waals surface area contributed by atoms with E-state index in [2.05, 4.69) is 72.3 Å². The summed E-state index contributed by atoms with van der Waals surface area (Å²) in [6, 6.07) is 39.8. The van der Waals surface area contributed by atoms with Crippen LogP contribution in [-0.2, 0) is 56.9 Å². The van der Waals surface area contributed by atoms with Crippen molar-refractivity contribution in [3.63, 3.8) is 0 Å². The van der Waals surface area contributed by atoms with Crippen LogP contribution in [0, 0.1) is 56.8 Å². The van der Waals surface area contributed by atoms with Crippen LogP contribution in [0.3, 0.4) is 0 Å². The molecular weight excluding hydrogens is 2020 g/mol. The number of fused-ring (bicyclic) bond motifs is 5. The molecule has 0 saturated carbocycles. The second-order valence-electron chi connectivity index (χ2n) is 30.2. The maximum absolute atomic E-state index is 14.2. The number of ether oxygens (including phenoxy) is 2.